The molecule has 0 radical (unpaired) electrons. The summed E-state index contributed by atoms with van der Waals surface area (Å²) in [5, 5.41) is 28.8. The summed E-state index contributed by atoms with van der Waals surface area (Å²) in [6.45, 7) is 5.60. The number of aliphatic hydroxyl groups is 1. The van der Waals surface area contributed by atoms with Crippen LogP contribution >= 0.6 is 11.6 Å². The van der Waals surface area contributed by atoms with Gasteiger partial charge in [-0.25, -0.2) is 0 Å². The lowest BCUT2D eigenvalue weighted by atomic mass is 9.96. The van der Waals surface area contributed by atoms with Crippen molar-refractivity contribution in [2.24, 2.45) is 0 Å². The highest BCUT2D eigenvalue weighted by Gasteiger charge is 2.24. The van der Waals surface area contributed by atoms with Crippen LogP contribution in [0, 0.1) is 18.3 Å². The summed E-state index contributed by atoms with van der Waals surface area (Å²) in [7, 11) is 3.71. The van der Waals surface area contributed by atoms with Crippen molar-refractivity contribution in [3.05, 3.63) is 99.8 Å². The molecule has 0 amide bonds. The third kappa shape index (κ3) is 8.24. The van der Waals surface area contributed by atoms with Gasteiger partial charge in [-0.15, -0.1) is 0 Å². The number of anilines is 1. The first kappa shape index (κ1) is 35.6. The molecular formula is C38H39ClN6O6. The molecule has 2 aromatic heterocycles. The Labute approximate surface area is 301 Å². The number of benzene rings is 3. The predicted molar refractivity (Wildman–Crippen MR) is 193 cm³/mol. The Hall–Kier alpha value is -5.19. The largest absolute Gasteiger partial charge is 0.488 e. The van der Waals surface area contributed by atoms with Gasteiger partial charge in [0.15, 0.2) is 5.58 Å². The highest BCUT2D eigenvalue weighted by atomic mass is 35.5. The number of nitrogens with zero attached hydrogens (tertiary/aromatic N) is 6. The zero-order chi connectivity index (χ0) is 36.1. The van der Waals surface area contributed by atoms with Crippen molar-refractivity contribution >= 4 is 34.7 Å². The van der Waals surface area contributed by atoms with Gasteiger partial charge in [0.2, 0.25) is 0 Å². The van der Waals surface area contributed by atoms with Gasteiger partial charge in [-0.05, 0) is 67.5 Å². The van der Waals surface area contributed by atoms with Crippen LogP contribution in [0.2, 0.25) is 5.02 Å². The van der Waals surface area contributed by atoms with E-state index in [4.69, 9.17) is 30.5 Å². The molecule has 0 bridgehead atoms. The fourth-order valence-electron chi connectivity index (χ4n) is 6.04. The molecule has 12 nitrogen and oxygen atoms in total. The van der Waals surface area contributed by atoms with Crippen molar-refractivity contribution in [3.8, 4) is 28.7 Å². The van der Waals surface area contributed by atoms with Crippen molar-refractivity contribution < 1.29 is 28.9 Å². The van der Waals surface area contributed by atoms with Crippen LogP contribution in [0.3, 0.4) is 0 Å². The quantitative estimate of drug-likeness (QED) is 0.159. The Morgan fingerprint density at radius 1 is 1.06 bits per heavy atom. The molecule has 3 heterocycles. The van der Waals surface area contributed by atoms with E-state index in [2.05, 4.69) is 47.0 Å². The number of pyridine rings is 1. The molecule has 5 aromatic rings. The maximum Gasteiger partial charge on any atom is 0.323 e. The van der Waals surface area contributed by atoms with Crippen molar-refractivity contribution in [1.29, 1.82) is 5.26 Å². The molecule has 1 fully saturated rings. The second-order valence-electron chi connectivity index (χ2n) is 12.7. The topological polar surface area (TPSA) is 148 Å². The molecule has 1 atom stereocenters. The van der Waals surface area contributed by atoms with E-state index in [1.54, 1.807) is 31.4 Å². The number of rotatable bonds is 13. The summed E-state index contributed by atoms with van der Waals surface area (Å²) in [6.07, 6.45) is 3.07. The fourth-order valence-corrected chi connectivity index (χ4v) is 6.28. The molecule has 3 aromatic carbocycles. The SMILES string of the molecule is Cc1c(COc2cc(OCc3cncc(C#N)c3)c(CN(C)[C@@H](CO)C(=O)O)cc2Cl)cccc1-c1ccc2oc(N3CCN(C)CC3)nc2c1. The Kier molecular flexibility index (Phi) is 11.0. The maximum atomic E-state index is 11.7. The monoisotopic (exact) mass is 710 g/mol. The Balaban J connectivity index is 1.23. The summed E-state index contributed by atoms with van der Waals surface area (Å²) < 4.78 is 18.6. The molecule has 2 N–H and O–H groups in total. The van der Waals surface area contributed by atoms with Gasteiger partial charge < -0.3 is 33.9 Å². The molecule has 51 heavy (non-hydrogen) atoms. The predicted octanol–water partition coefficient (Wildman–Crippen LogP) is 5.51. The van der Waals surface area contributed by atoms with Crippen LogP contribution in [-0.4, -0.2) is 88.9 Å². The average Bonchev–Trinajstić information content (AvgIpc) is 3.55. The minimum absolute atomic E-state index is 0.0938. The first-order valence-corrected chi connectivity index (χ1v) is 16.9. The number of carboxylic acids is 1. The second kappa shape index (κ2) is 15.8. The molecule has 1 aliphatic heterocycles. The number of likely N-dealkylation sites (N-methyl/N-ethyl adjacent to an activating group) is 2. The molecule has 1 saturated heterocycles. The minimum atomic E-state index is -1.15. The smallest absolute Gasteiger partial charge is 0.323 e. The molecule has 0 spiro atoms. The van der Waals surface area contributed by atoms with Crippen LogP contribution in [0.25, 0.3) is 22.2 Å². The molecule has 0 aliphatic carbocycles. The molecule has 0 saturated carbocycles. The fraction of sp³-hybridized carbons (Fsp3) is 0.316. The van der Waals surface area contributed by atoms with Gasteiger partial charge in [-0.2, -0.15) is 10.2 Å². The Morgan fingerprint density at radius 3 is 2.59 bits per heavy atom. The van der Waals surface area contributed by atoms with E-state index < -0.39 is 18.6 Å². The first-order chi connectivity index (χ1) is 24.6. The molecular weight excluding hydrogens is 672 g/mol. The lowest BCUT2D eigenvalue weighted by Gasteiger charge is -2.31. The Bertz CT molecular complexity index is 2070. The number of aliphatic carboxylic acids is 1. The average molecular weight is 711 g/mol. The van der Waals surface area contributed by atoms with Crippen LogP contribution in [0.5, 0.6) is 11.5 Å². The van der Waals surface area contributed by atoms with Crippen molar-refractivity contribution in [2.75, 3.05) is 51.8 Å². The number of nitriles is 1. The van der Waals surface area contributed by atoms with E-state index >= 15 is 0 Å². The van der Waals surface area contributed by atoms with Gasteiger partial charge in [0.05, 0.1) is 17.2 Å². The van der Waals surface area contributed by atoms with Gasteiger partial charge in [0.25, 0.3) is 6.01 Å². The normalized spacial score (nSPS) is 14.1. The van der Waals surface area contributed by atoms with Crippen molar-refractivity contribution in [1.82, 2.24) is 19.8 Å². The van der Waals surface area contributed by atoms with E-state index in [1.165, 1.54) is 11.1 Å². The number of hydrogen-bond donors (Lipinski definition) is 2. The van der Waals surface area contributed by atoms with E-state index in [1.807, 2.05) is 24.3 Å². The summed E-state index contributed by atoms with van der Waals surface area (Å²) >= 11 is 6.74. The van der Waals surface area contributed by atoms with Gasteiger partial charge in [-0.3, -0.25) is 14.7 Å². The maximum absolute atomic E-state index is 11.7. The number of oxazole rings is 1. The van der Waals surface area contributed by atoms with Crippen molar-refractivity contribution in [3.63, 3.8) is 0 Å². The third-order valence-corrected chi connectivity index (χ3v) is 9.43. The van der Waals surface area contributed by atoms with Crippen LogP contribution in [0.15, 0.2) is 71.4 Å². The Morgan fingerprint density at radius 2 is 1.84 bits per heavy atom. The summed E-state index contributed by atoms with van der Waals surface area (Å²) in [4.78, 5) is 26.6. The standard InChI is InChI=1S/C38H39ClN6O6/c1-24-28(5-4-6-30(24)27-7-8-34-32(15-27)42-38(51-34)45-11-9-43(2)10-12-45)23-50-36-16-35(49-22-26-13-25(17-40)18-41-19-26)29(14-31(36)39)20-44(3)33(21-46)37(47)48/h4-8,13-16,18-19,33,46H,9-12,20-23H2,1-3H3,(H,47,48)/t33-/m0/s1. The van der Waals surface area contributed by atoms with Crippen molar-refractivity contribution in [2.45, 2.75) is 32.7 Å². The van der Waals surface area contributed by atoms with Crippen LogP contribution in [0.1, 0.15) is 27.8 Å². The number of carboxylic acid groups (broad SMARTS) is 1. The van der Waals surface area contributed by atoms with E-state index in [9.17, 15) is 20.3 Å². The number of fused-ring (bicyclic) bond motifs is 1. The second-order valence-corrected chi connectivity index (χ2v) is 13.1. The number of halogens is 1. The van der Waals surface area contributed by atoms with Crippen LogP contribution in [0.4, 0.5) is 6.01 Å². The van der Waals surface area contributed by atoms with E-state index in [0.717, 1.165) is 59.5 Å². The third-order valence-electron chi connectivity index (χ3n) is 9.13. The van der Waals surface area contributed by atoms with E-state index in [-0.39, 0.29) is 19.8 Å². The molecule has 264 valence electrons. The minimum Gasteiger partial charge on any atom is -0.488 e. The molecule has 0 unspecified atom stereocenters. The van der Waals surface area contributed by atoms with E-state index in [0.29, 0.717) is 39.2 Å². The number of aromatic nitrogens is 2. The number of aliphatic hydroxyl groups excluding tert-OH is 1. The lowest BCUT2D eigenvalue weighted by molar-refractivity contribution is -0.144. The number of piperazine rings is 1. The first-order valence-electron chi connectivity index (χ1n) is 16.5. The summed E-state index contributed by atoms with van der Waals surface area (Å²) in [5.41, 5.74) is 7.27. The van der Waals surface area contributed by atoms with Gasteiger partial charge in [-0.1, -0.05) is 35.9 Å². The summed E-state index contributed by atoms with van der Waals surface area (Å²) in [5.74, 6) is -0.362. The van der Waals surface area contributed by atoms with Gasteiger partial charge in [0.1, 0.15) is 42.3 Å². The number of ether oxygens (including phenoxy) is 2. The molecule has 6 rings (SSSR count). The number of hydrogen-bond acceptors (Lipinski definition) is 11. The van der Waals surface area contributed by atoms with Gasteiger partial charge >= 0.3 is 5.97 Å². The summed E-state index contributed by atoms with van der Waals surface area (Å²) in [6, 6.07) is 18.7. The molecule has 13 heteroatoms. The zero-order valence-electron chi connectivity index (χ0n) is 28.7. The van der Waals surface area contributed by atoms with Gasteiger partial charge in [0, 0.05) is 62.3 Å². The highest BCUT2D eigenvalue weighted by Crippen LogP contribution is 2.36. The van der Waals surface area contributed by atoms with Crippen LogP contribution < -0.4 is 14.4 Å². The van der Waals surface area contributed by atoms with Crippen LogP contribution in [-0.2, 0) is 24.6 Å². The zero-order valence-corrected chi connectivity index (χ0v) is 29.4. The lowest BCUT2D eigenvalue weighted by Crippen LogP contribution is -2.44. The highest BCUT2D eigenvalue weighted by molar-refractivity contribution is 6.32. The molecule has 1 aliphatic rings. The number of carbonyl (C=O) groups is 1.